The van der Waals surface area contributed by atoms with E-state index in [1.165, 1.54) is 12.0 Å². The lowest BCUT2D eigenvalue weighted by Crippen LogP contribution is -3.14. The summed E-state index contributed by atoms with van der Waals surface area (Å²) in [6, 6.07) is 9.60. The predicted octanol–water partition coefficient (Wildman–Crippen LogP) is 1.08. The molecule has 1 aromatic carbocycles. The van der Waals surface area contributed by atoms with Gasteiger partial charge in [0, 0.05) is 18.2 Å². The minimum Gasteiger partial charge on any atom is -0.469 e. The number of likely N-dealkylation sites (tertiary alicyclic amines) is 1. The fourth-order valence-electron chi connectivity index (χ4n) is 3.41. The van der Waals surface area contributed by atoms with Crippen molar-refractivity contribution in [3.63, 3.8) is 0 Å². The number of para-hydroxylation sites is 1. The van der Waals surface area contributed by atoms with Crippen molar-refractivity contribution >= 4 is 22.8 Å². The van der Waals surface area contributed by atoms with Gasteiger partial charge in [0.05, 0.1) is 32.2 Å². The standard InChI is InChI=1S/C19H24N2O4/c1-13(17-11-15-5-3-4-6-16(15)25-17)20-18(22)12-21-9-7-14(8-10-21)19(23)24-2/h3-6,11,13-14H,7-10,12H2,1-2H3,(H,20,22)/p+1/t13-/m0/s1. The van der Waals surface area contributed by atoms with Crippen LogP contribution in [0.2, 0.25) is 0 Å². The Morgan fingerprint density at radius 3 is 2.72 bits per heavy atom. The second-order valence-electron chi connectivity index (χ2n) is 6.70. The highest BCUT2D eigenvalue weighted by atomic mass is 16.5. The van der Waals surface area contributed by atoms with E-state index in [0.717, 1.165) is 42.7 Å². The van der Waals surface area contributed by atoms with Gasteiger partial charge in [0.2, 0.25) is 0 Å². The molecule has 1 aliphatic rings. The largest absolute Gasteiger partial charge is 0.469 e. The van der Waals surface area contributed by atoms with Gasteiger partial charge in [-0.1, -0.05) is 18.2 Å². The maximum absolute atomic E-state index is 12.3. The number of amides is 1. The number of esters is 1. The number of fused-ring (bicyclic) bond motifs is 1. The van der Waals surface area contributed by atoms with Crippen LogP contribution in [0.5, 0.6) is 0 Å². The molecule has 0 aliphatic carbocycles. The molecule has 0 bridgehead atoms. The average Bonchev–Trinajstić information content (AvgIpc) is 3.06. The van der Waals surface area contributed by atoms with E-state index in [1.54, 1.807) is 0 Å². The van der Waals surface area contributed by atoms with Gasteiger partial charge in [-0.3, -0.25) is 9.59 Å². The van der Waals surface area contributed by atoms with E-state index >= 15 is 0 Å². The first-order valence-electron chi connectivity index (χ1n) is 8.76. The number of carbonyl (C=O) groups excluding carboxylic acids is 2. The average molecular weight is 345 g/mol. The van der Waals surface area contributed by atoms with Gasteiger partial charge in [0.25, 0.3) is 5.91 Å². The molecule has 2 N–H and O–H groups in total. The number of rotatable bonds is 5. The summed E-state index contributed by atoms with van der Waals surface area (Å²) in [5.74, 6) is 0.599. The fourth-order valence-corrected chi connectivity index (χ4v) is 3.41. The smallest absolute Gasteiger partial charge is 0.309 e. The van der Waals surface area contributed by atoms with Crippen molar-refractivity contribution in [2.75, 3.05) is 26.7 Å². The van der Waals surface area contributed by atoms with E-state index in [-0.39, 0.29) is 23.8 Å². The Labute approximate surface area is 147 Å². The second-order valence-corrected chi connectivity index (χ2v) is 6.70. The molecule has 1 saturated heterocycles. The van der Waals surface area contributed by atoms with Crippen LogP contribution in [-0.4, -0.2) is 38.6 Å². The number of ether oxygens (including phenoxy) is 1. The van der Waals surface area contributed by atoms with E-state index in [2.05, 4.69) is 5.32 Å². The Morgan fingerprint density at radius 2 is 2.04 bits per heavy atom. The molecule has 1 atom stereocenters. The van der Waals surface area contributed by atoms with Crippen molar-refractivity contribution in [3.05, 3.63) is 36.1 Å². The first kappa shape index (κ1) is 17.5. The monoisotopic (exact) mass is 345 g/mol. The van der Waals surface area contributed by atoms with E-state index in [9.17, 15) is 9.59 Å². The zero-order valence-electron chi connectivity index (χ0n) is 14.7. The summed E-state index contributed by atoms with van der Waals surface area (Å²) in [5.41, 5.74) is 0.828. The topological polar surface area (TPSA) is 73.0 Å². The Balaban J connectivity index is 1.50. The van der Waals surface area contributed by atoms with Gasteiger partial charge in [-0.05, 0) is 19.1 Å². The number of hydrogen-bond acceptors (Lipinski definition) is 4. The highest BCUT2D eigenvalue weighted by Gasteiger charge is 2.29. The molecule has 2 heterocycles. The van der Waals surface area contributed by atoms with Crippen LogP contribution < -0.4 is 10.2 Å². The molecule has 0 unspecified atom stereocenters. The predicted molar refractivity (Wildman–Crippen MR) is 93.1 cm³/mol. The Morgan fingerprint density at radius 1 is 1.32 bits per heavy atom. The summed E-state index contributed by atoms with van der Waals surface area (Å²) in [6.07, 6.45) is 1.54. The second kappa shape index (κ2) is 7.70. The first-order chi connectivity index (χ1) is 12.1. The number of piperidine rings is 1. The van der Waals surface area contributed by atoms with Crippen molar-refractivity contribution in [1.29, 1.82) is 0 Å². The molecule has 1 aromatic heterocycles. The zero-order chi connectivity index (χ0) is 17.8. The van der Waals surface area contributed by atoms with Crippen LogP contribution in [-0.2, 0) is 14.3 Å². The van der Waals surface area contributed by atoms with Crippen LogP contribution in [0.3, 0.4) is 0 Å². The van der Waals surface area contributed by atoms with Crippen molar-refractivity contribution < 1.29 is 23.6 Å². The normalized spacial score (nSPS) is 21.7. The van der Waals surface area contributed by atoms with Crippen LogP contribution in [0.25, 0.3) is 11.0 Å². The molecule has 0 spiro atoms. The summed E-state index contributed by atoms with van der Waals surface area (Å²) >= 11 is 0. The molecular formula is C19H25N2O4+. The SMILES string of the molecule is COC(=O)C1CC[NH+](CC(=O)N[C@@H](C)c2cc3ccccc3o2)CC1. The van der Waals surface area contributed by atoms with Crippen LogP contribution >= 0.6 is 0 Å². The Kier molecular flexibility index (Phi) is 5.38. The summed E-state index contributed by atoms with van der Waals surface area (Å²) in [6.45, 7) is 3.96. The maximum atomic E-state index is 12.3. The van der Waals surface area contributed by atoms with Crippen LogP contribution in [0.4, 0.5) is 0 Å². The molecule has 0 radical (unpaired) electrons. The van der Waals surface area contributed by atoms with Gasteiger partial charge < -0.3 is 19.4 Å². The molecule has 3 rings (SSSR count). The van der Waals surface area contributed by atoms with Gasteiger partial charge in [-0.15, -0.1) is 0 Å². The Hall–Kier alpha value is -2.34. The maximum Gasteiger partial charge on any atom is 0.309 e. The first-order valence-corrected chi connectivity index (χ1v) is 8.76. The van der Waals surface area contributed by atoms with Crippen molar-refractivity contribution in [1.82, 2.24) is 5.32 Å². The number of nitrogens with one attached hydrogen (secondary N) is 2. The van der Waals surface area contributed by atoms with Crippen LogP contribution in [0.15, 0.2) is 34.7 Å². The van der Waals surface area contributed by atoms with Gasteiger partial charge >= 0.3 is 5.97 Å². The van der Waals surface area contributed by atoms with E-state index < -0.39 is 0 Å². The van der Waals surface area contributed by atoms with E-state index in [0.29, 0.717) is 6.54 Å². The molecule has 1 fully saturated rings. The summed E-state index contributed by atoms with van der Waals surface area (Å²) in [5, 5.41) is 4.04. The number of benzene rings is 1. The van der Waals surface area contributed by atoms with E-state index in [4.69, 9.17) is 9.15 Å². The number of hydrogen-bond donors (Lipinski definition) is 2. The number of methoxy groups -OCH3 is 1. The molecule has 2 aromatic rings. The molecule has 134 valence electrons. The molecule has 25 heavy (non-hydrogen) atoms. The van der Waals surface area contributed by atoms with Crippen LogP contribution in [0.1, 0.15) is 31.6 Å². The molecule has 1 amide bonds. The summed E-state index contributed by atoms with van der Waals surface area (Å²) in [4.78, 5) is 25.1. The lowest BCUT2D eigenvalue weighted by atomic mass is 9.97. The summed E-state index contributed by atoms with van der Waals surface area (Å²) < 4.78 is 10.6. The van der Waals surface area contributed by atoms with Gasteiger partial charge in [-0.2, -0.15) is 0 Å². The minimum atomic E-state index is -0.174. The molecule has 1 aliphatic heterocycles. The summed E-state index contributed by atoms with van der Waals surface area (Å²) in [7, 11) is 1.43. The highest BCUT2D eigenvalue weighted by molar-refractivity contribution is 5.79. The van der Waals surface area contributed by atoms with Crippen molar-refractivity contribution in [3.8, 4) is 0 Å². The number of quaternary nitrogens is 1. The van der Waals surface area contributed by atoms with Crippen molar-refractivity contribution in [2.24, 2.45) is 5.92 Å². The van der Waals surface area contributed by atoms with Gasteiger partial charge in [0.1, 0.15) is 11.3 Å². The molecule has 6 nitrogen and oxygen atoms in total. The molecule has 0 saturated carbocycles. The highest BCUT2D eigenvalue weighted by Crippen LogP contribution is 2.23. The van der Waals surface area contributed by atoms with Gasteiger partial charge in [-0.25, -0.2) is 0 Å². The lowest BCUT2D eigenvalue weighted by molar-refractivity contribution is -0.897. The van der Waals surface area contributed by atoms with Gasteiger partial charge in [0.15, 0.2) is 6.54 Å². The molecule has 6 heteroatoms. The van der Waals surface area contributed by atoms with E-state index in [1.807, 2.05) is 37.3 Å². The Bertz CT molecular complexity index is 714. The zero-order valence-corrected chi connectivity index (χ0v) is 14.7. The quantitative estimate of drug-likeness (QED) is 0.796. The fraction of sp³-hybridized carbons (Fsp3) is 0.474. The molecular weight excluding hydrogens is 320 g/mol. The van der Waals surface area contributed by atoms with Crippen LogP contribution in [0, 0.1) is 5.92 Å². The number of carbonyl (C=O) groups is 2. The minimum absolute atomic E-state index is 0.000487. The van der Waals surface area contributed by atoms with Crippen molar-refractivity contribution in [2.45, 2.75) is 25.8 Å². The number of furan rings is 1. The lowest BCUT2D eigenvalue weighted by Gasteiger charge is -2.27. The third kappa shape index (κ3) is 4.20. The third-order valence-corrected chi connectivity index (χ3v) is 4.89. The third-order valence-electron chi connectivity index (χ3n) is 4.89.